The third kappa shape index (κ3) is 2.35. The van der Waals surface area contributed by atoms with Crippen molar-refractivity contribution in [2.45, 2.75) is 12.5 Å². The van der Waals surface area contributed by atoms with Crippen LogP contribution >= 0.6 is 0 Å². The third-order valence-electron chi connectivity index (χ3n) is 4.35. The number of H-pyrrole nitrogens is 1. The van der Waals surface area contributed by atoms with E-state index < -0.39 is 0 Å². The van der Waals surface area contributed by atoms with Crippen LogP contribution < -0.4 is 5.32 Å². The maximum Gasteiger partial charge on any atom is 0.126 e. The zero-order valence-electron chi connectivity index (χ0n) is 12.5. The van der Waals surface area contributed by atoms with Gasteiger partial charge in [-0.05, 0) is 24.6 Å². The van der Waals surface area contributed by atoms with Crippen LogP contribution in [-0.2, 0) is 11.8 Å². The molecule has 4 rings (SSSR count). The Morgan fingerprint density at radius 2 is 2.41 bits per heavy atom. The summed E-state index contributed by atoms with van der Waals surface area (Å²) in [5, 5.41) is 8.86. The lowest BCUT2D eigenvalue weighted by Crippen LogP contribution is -2.20. The first kappa shape index (κ1) is 13.3. The molecule has 1 saturated heterocycles. The highest BCUT2D eigenvalue weighted by Gasteiger charge is 2.31. The van der Waals surface area contributed by atoms with Crippen LogP contribution in [0.3, 0.4) is 0 Å². The Morgan fingerprint density at radius 3 is 3.27 bits per heavy atom. The van der Waals surface area contributed by atoms with Crippen LogP contribution in [0.15, 0.2) is 36.8 Å². The van der Waals surface area contributed by atoms with Crippen LogP contribution in [0.5, 0.6) is 0 Å². The molecule has 0 saturated carbocycles. The Labute approximate surface area is 128 Å². The van der Waals surface area contributed by atoms with Crippen LogP contribution in [0, 0.1) is 5.92 Å². The van der Waals surface area contributed by atoms with E-state index in [1.54, 1.807) is 0 Å². The summed E-state index contributed by atoms with van der Waals surface area (Å²) in [4.78, 5) is 7.60. The maximum atomic E-state index is 5.91. The molecule has 2 N–H and O–H groups in total. The van der Waals surface area contributed by atoms with Crippen molar-refractivity contribution in [1.29, 1.82) is 0 Å². The molecule has 3 aromatic heterocycles. The molecular formula is C16H19N5O. The molecule has 3 aromatic rings. The van der Waals surface area contributed by atoms with E-state index in [2.05, 4.69) is 32.5 Å². The molecule has 0 bridgehead atoms. The first-order chi connectivity index (χ1) is 10.8. The lowest BCUT2D eigenvalue weighted by molar-refractivity contribution is 0.0866. The van der Waals surface area contributed by atoms with Gasteiger partial charge in [-0.1, -0.05) is 0 Å². The highest BCUT2D eigenvalue weighted by molar-refractivity contribution is 5.80. The number of aryl methyl sites for hydroxylation is 1. The highest BCUT2D eigenvalue weighted by Crippen LogP contribution is 2.34. The Kier molecular flexibility index (Phi) is 3.31. The topological polar surface area (TPSA) is 67.8 Å². The maximum absolute atomic E-state index is 5.91. The molecule has 4 heterocycles. The summed E-state index contributed by atoms with van der Waals surface area (Å²) in [6.45, 7) is 1.64. The second-order valence-electron chi connectivity index (χ2n) is 5.74. The first-order valence-electron chi connectivity index (χ1n) is 7.58. The number of anilines is 1. The molecule has 22 heavy (non-hydrogen) atoms. The fourth-order valence-electron chi connectivity index (χ4n) is 3.12. The predicted octanol–water partition coefficient (Wildman–Crippen LogP) is 2.49. The second kappa shape index (κ2) is 5.46. The van der Waals surface area contributed by atoms with Gasteiger partial charge in [-0.25, -0.2) is 4.98 Å². The molecule has 0 radical (unpaired) electrons. The number of nitrogens with one attached hydrogen (secondary N) is 2. The van der Waals surface area contributed by atoms with E-state index in [9.17, 15) is 0 Å². The average Bonchev–Trinajstić information content (AvgIpc) is 3.24. The van der Waals surface area contributed by atoms with E-state index in [0.29, 0.717) is 5.92 Å². The minimum absolute atomic E-state index is 0.107. The van der Waals surface area contributed by atoms with Crippen LogP contribution in [-0.4, -0.2) is 32.9 Å². The van der Waals surface area contributed by atoms with Crippen molar-refractivity contribution in [1.82, 2.24) is 19.7 Å². The summed E-state index contributed by atoms with van der Waals surface area (Å²) in [5.41, 5.74) is 2.20. The summed E-state index contributed by atoms with van der Waals surface area (Å²) in [6.07, 6.45) is 6.77. The summed E-state index contributed by atoms with van der Waals surface area (Å²) >= 11 is 0. The quantitative estimate of drug-likeness (QED) is 0.776. The van der Waals surface area contributed by atoms with E-state index >= 15 is 0 Å². The minimum atomic E-state index is 0.107. The van der Waals surface area contributed by atoms with Gasteiger partial charge in [0.2, 0.25) is 0 Å². The Bertz CT molecular complexity index is 778. The molecule has 0 aromatic carbocycles. The zero-order chi connectivity index (χ0) is 14.9. The number of hydrogen-bond donors (Lipinski definition) is 2. The normalized spacial score (nSPS) is 21.5. The molecule has 6 heteroatoms. The minimum Gasteiger partial charge on any atom is -0.372 e. The molecule has 0 amide bonds. The molecule has 1 aliphatic heterocycles. The monoisotopic (exact) mass is 297 g/mol. The fourth-order valence-corrected chi connectivity index (χ4v) is 3.12. The van der Waals surface area contributed by atoms with Crippen LogP contribution in [0.2, 0.25) is 0 Å². The number of hydrogen-bond acceptors (Lipinski definition) is 4. The molecule has 1 fully saturated rings. The van der Waals surface area contributed by atoms with Gasteiger partial charge in [0.05, 0.1) is 17.4 Å². The molecule has 0 aliphatic carbocycles. The van der Waals surface area contributed by atoms with E-state index in [0.717, 1.165) is 36.6 Å². The number of pyridine rings is 1. The molecule has 0 unspecified atom stereocenters. The van der Waals surface area contributed by atoms with Gasteiger partial charge in [0.25, 0.3) is 0 Å². The van der Waals surface area contributed by atoms with E-state index in [1.165, 1.54) is 5.39 Å². The highest BCUT2D eigenvalue weighted by atomic mass is 16.5. The standard InChI is InChI=1S/C16H19N5O/c1-21-14(3-6-20-21)16-12(4-7-22-16)9-18-15-8-11-2-5-17-13(11)10-19-15/h2-3,5-6,8,10,12,16-17H,4,7,9H2,1H3,(H,18,19)/t12-,16+/m0/s1. The summed E-state index contributed by atoms with van der Waals surface area (Å²) in [6, 6.07) is 6.16. The first-order valence-corrected chi connectivity index (χ1v) is 7.58. The van der Waals surface area contributed by atoms with Crippen LogP contribution in [0.4, 0.5) is 5.82 Å². The number of aromatic amines is 1. The number of aromatic nitrogens is 4. The molecule has 114 valence electrons. The molecule has 2 atom stereocenters. The summed E-state index contributed by atoms with van der Waals surface area (Å²) < 4.78 is 7.81. The van der Waals surface area contributed by atoms with Crippen LogP contribution in [0.25, 0.3) is 10.9 Å². The lowest BCUT2D eigenvalue weighted by Gasteiger charge is -2.19. The van der Waals surface area contributed by atoms with Gasteiger partial charge >= 0.3 is 0 Å². The van der Waals surface area contributed by atoms with Gasteiger partial charge in [-0.2, -0.15) is 5.10 Å². The Balaban J connectivity index is 1.47. The van der Waals surface area contributed by atoms with Crippen molar-refractivity contribution in [3.05, 3.63) is 42.5 Å². The predicted molar refractivity (Wildman–Crippen MR) is 84.6 cm³/mol. The van der Waals surface area contributed by atoms with E-state index in [4.69, 9.17) is 4.74 Å². The van der Waals surface area contributed by atoms with Gasteiger partial charge < -0.3 is 15.0 Å². The molecule has 1 aliphatic rings. The fraction of sp³-hybridized carbons (Fsp3) is 0.375. The Morgan fingerprint density at radius 1 is 1.45 bits per heavy atom. The van der Waals surface area contributed by atoms with Gasteiger partial charge in [-0.3, -0.25) is 4.68 Å². The third-order valence-corrected chi connectivity index (χ3v) is 4.35. The second-order valence-corrected chi connectivity index (χ2v) is 5.74. The number of rotatable bonds is 4. The van der Waals surface area contributed by atoms with Gasteiger partial charge in [0.1, 0.15) is 11.9 Å². The number of nitrogens with zero attached hydrogens (tertiary/aromatic N) is 3. The number of fused-ring (bicyclic) bond motifs is 1. The van der Waals surface area contributed by atoms with Crippen molar-refractivity contribution in [2.75, 3.05) is 18.5 Å². The molecular weight excluding hydrogens is 278 g/mol. The largest absolute Gasteiger partial charge is 0.372 e. The summed E-state index contributed by atoms with van der Waals surface area (Å²) in [7, 11) is 1.96. The van der Waals surface area contributed by atoms with Crippen molar-refractivity contribution in [2.24, 2.45) is 13.0 Å². The van der Waals surface area contributed by atoms with Gasteiger partial charge in [0.15, 0.2) is 0 Å². The van der Waals surface area contributed by atoms with Crippen molar-refractivity contribution in [3.63, 3.8) is 0 Å². The van der Waals surface area contributed by atoms with E-state index in [1.807, 2.05) is 36.4 Å². The SMILES string of the molecule is Cn1nccc1[C@@H]1OCC[C@H]1CNc1cc2cc[nH]c2cn1. The van der Waals surface area contributed by atoms with Crippen LogP contribution in [0.1, 0.15) is 18.2 Å². The van der Waals surface area contributed by atoms with Crippen molar-refractivity contribution in [3.8, 4) is 0 Å². The van der Waals surface area contributed by atoms with Crippen molar-refractivity contribution < 1.29 is 4.74 Å². The van der Waals surface area contributed by atoms with Gasteiger partial charge in [0, 0.05) is 43.9 Å². The molecule has 0 spiro atoms. The smallest absolute Gasteiger partial charge is 0.126 e. The number of ether oxygens (including phenoxy) is 1. The zero-order valence-corrected chi connectivity index (χ0v) is 12.5. The lowest BCUT2D eigenvalue weighted by atomic mass is 9.99. The summed E-state index contributed by atoms with van der Waals surface area (Å²) in [5.74, 6) is 1.34. The van der Waals surface area contributed by atoms with E-state index in [-0.39, 0.29) is 6.10 Å². The Hall–Kier alpha value is -2.34. The van der Waals surface area contributed by atoms with Gasteiger partial charge in [-0.15, -0.1) is 0 Å². The average molecular weight is 297 g/mol. The van der Waals surface area contributed by atoms with Crippen molar-refractivity contribution >= 4 is 16.7 Å². The molecule has 6 nitrogen and oxygen atoms in total.